The molecule has 1 aromatic heterocycles. The summed E-state index contributed by atoms with van der Waals surface area (Å²) in [7, 11) is 0. The Balaban J connectivity index is 1.32. The summed E-state index contributed by atoms with van der Waals surface area (Å²) in [4.78, 5) is 16.3. The van der Waals surface area contributed by atoms with Gasteiger partial charge in [-0.25, -0.2) is 0 Å². The van der Waals surface area contributed by atoms with Crippen LogP contribution >= 0.6 is 0 Å². The van der Waals surface area contributed by atoms with Crippen molar-refractivity contribution in [2.75, 3.05) is 44.4 Å². The molecule has 2 aliphatic rings. The molecule has 0 aliphatic carbocycles. The van der Waals surface area contributed by atoms with Crippen LogP contribution < -0.4 is 24.6 Å². The number of anilines is 1. The molecule has 1 amide bonds. The van der Waals surface area contributed by atoms with Crippen LogP contribution in [0.2, 0.25) is 0 Å². The van der Waals surface area contributed by atoms with Crippen molar-refractivity contribution >= 4 is 11.6 Å². The number of carbonyl (C=O) groups is 1. The third-order valence-corrected chi connectivity index (χ3v) is 6.03. The maximum atomic E-state index is 12.5. The molecule has 0 radical (unpaired) electrons. The highest BCUT2D eigenvalue weighted by molar-refractivity contribution is 5.91. The van der Waals surface area contributed by atoms with Gasteiger partial charge >= 0.3 is 0 Å². The lowest BCUT2D eigenvalue weighted by molar-refractivity contribution is -0.931. The zero-order valence-corrected chi connectivity index (χ0v) is 17.3. The van der Waals surface area contributed by atoms with Crippen LogP contribution in [0.3, 0.4) is 0 Å². The highest BCUT2D eigenvalue weighted by atomic mass is 16.7. The molecule has 7 nitrogen and oxygen atoms in total. The third-order valence-electron chi connectivity index (χ3n) is 6.03. The Morgan fingerprint density at radius 3 is 2.58 bits per heavy atom. The minimum absolute atomic E-state index is 0.103. The summed E-state index contributed by atoms with van der Waals surface area (Å²) in [6.07, 6.45) is 1.51. The van der Waals surface area contributed by atoms with Crippen molar-refractivity contribution in [3.05, 3.63) is 78.3 Å². The molecule has 1 saturated heterocycles. The zero-order valence-electron chi connectivity index (χ0n) is 17.3. The lowest BCUT2D eigenvalue weighted by atomic mass is 10.0. The predicted octanol–water partition coefficient (Wildman–Crippen LogP) is 1.88. The van der Waals surface area contributed by atoms with Crippen molar-refractivity contribution in [1.29, 1.82) is 0 Å². The van der Waals surface area contributed by atoms with Crippen molar-refractivity contribution < 1.29 is 23.6 Å². The second-order valence-corrected chi connectivity index (χ2v) is 7.83. The number of rotatable bonds is 6. The molecule has 1 fully saturated rings. The zero-order chi connectivity index (χ0) is 21.0. The number of hydrogen-bond donors (Lipinski definition) is 2. The van der Waals surface area contributed by atoms with E-state index in [1.165, 1.54) is 16.9 Å². The molecule has 0 saturated carbocycles. The van der Waals surface area contributed by atoms with Crippen LogP contribution in [0.1, 0.15) is 22.2 Å². The minimum Gasteiger partial charge on any atom is -0.459 e. The second-order valence-electron chi connectivity index (χ2n) is 7.83. The number of quaternary nitrogens is 1. The smallest absolute Gasteiger partial charge is 0.287 e. The molecule has 7 heteroatoms. The molecule has 160 valence electrons. The lowest BCUT2D eigenvalue weighted by Gasteiger charge is -2.37. The first-order valence-electron chi connectivity index (χ1n) is 10.6. The number of para-hydroxylation sites is 1. The molecule has 2 aromatic carbocycles. The molecule has 1 atom stereocenters. The van der Waals surface area contributed by atoms with Crippen molar-refractivity contribution in [2.24, 2.45) is 0 Å². The average Bonchev–Trinajstić information content (AvgIpc) is 3.52. The van der Waals surface area contributed by atoms with Gasteiger partial charge in [-0.2, -0.15) is 0 Å². The molecule has 5 rings (SSSR count). The SMILES string of the molecule is O=C(NC[C@H](c1ccc2c(c1)OCO2)[NH+]1CCN(c2ccccc2)CC1)c1ccco1. The Bertz CT molecular complexity index is 1010. The topological polar surface area (TPSA) is 68.4 Å². The first-order valence-corrected chi connectivity index (χ1v) is 10.6. The van der Waals surface area contributed by atoms with Crippen LogP contribution in [-0.2, 0) is 0 Å². The van der Waals surface area contributed by atoms with Gasteiger partial charge in [0, 0.05) is 11.3 Å². The molecule has 31 heavy (non-hydrogen) atoms. The van der Waals surface area contributed by atoms with E-state index in [0.717, 1.165) is 43.2 Å². The van der Waals surface area contributed by atoms with Crippen LogP contribution in [0.5, 0.6) is 11.5 Å². The summed E-state index contributed by atoms with van der Waals surface area (Å²) < 4.78 is 16.3. The number of benzene rings is 2. The second kappa shape index (κ2) is 8.73. The minimum atomic E-state index is -0.196. The maximum absolute atomic E-state index is 12.5. The van der Waals surface area contributed by atoms with Gasteiger partial charge in [0.2, 0.25) is 6.79 Å². The van der Waals surface area contributed by atoms with Gasteiger partial charge in [0.15, 0.2) is 17.3 Å². The maximum Gasteiger partial charge on any atom is 0.287 e. The third kappa shape index (κ3) is 4.22. The molecular weight excluding hydrogens is 394 g/mol. The fraction of sp³-hybridized carbons (Fsp3) is 0.292. The average molecular weight is 420 g/mol. The first kappa shape index (κ1) is 19.5. The van der Waals surface area contributed by atoms with E-state index in [4.69, 9.17) is 13.9 Å². The molecular formula is C24H26N3O4+. The van der Waals surface area contributed by atoms with Crippen LogP contribution in [0.15, 0.2) is 71.3 Å². The van der Waals surface area contributed by atoms with Gasteiger partial charge in [-0.15, -0.1) is 0 Å². The van der Waals surface area contributed by atoms with E-state index in [1.54, 1.807) is 12.1 Å². The van der Waals surface area contributed by atoms with Crippen molar-refractivity contribution in [3.8, 4) is 11.5 Å². The van der Waals surface area contributed by atoms with E-state index in [-0.39, 0.29) is 18.7 Å². The molecule has 2 aliphatic heterocycles. The molecule has 0 spiro atoms. The van der Waals surface area contributed by atoms with E-state index in [0.29, 0.717) is 12.3 Å². The number of hydrogen-bond acceptors (Lipinski definition) is 5. The normalized spacial score (nSPS) is 16.8. The molecule has 0 unspecified atom stereocenters. The number of carbonyl (C=O) groups excluding carboxylic acids is 1. The number of nitrogens with zero attached hydrogens (tertiary/aromatic N) is 1. The van der Waals surface area contributed by atoms with Crippen LogP contribution in [0.25, 0.3) is 0 Å². The van der Waals surface area contributed by atoms with Crippen LogP contribution in [0, 0.1) is 0 Å². The molecule has 3 aromatic rings. The summed E-state index contributed by atoms with van der Waals surface area (Å²) in [5.74, 6) is 1.67. The number of ether oxygens (including phenoxy) is 2. The van der Waals surface area contributed by atoms with Gasteiger partial charge in [0.05, 0.1) is 39.0 Å². The van der Waals surface area contributed by atoms with Gasteiger partial charge in [-0.1, -0.05) is 18.2 Å². The fourth-order valence-electron chi connectivity index (χ4n) is 4.36. The highest BCUT2D eigenvalue weighted by Crippen LogP contribution is 2.33. The molecule has 2 N–H and O–H groups in total. The Morgan fingerprint density at radius 1 is 1.00 bits per heavy atom. The van der Waals surface area contributed by atoms with Crippen LogP contribution in [-0.4, -0.2) is 45.4 Å². The van der Waals surface area contributed by atoms with E-state index < -0.39 is 0 Å². The van der Waals surface area contributed by atoms with E-state index >= 15 is 0 Å². The Kier molecular flexibility index (Phi) is 5.50. The Hall–Kier alpha value is -3.45. The van der Waals surface area contributed by atoms with Gasteiger partial charge in [-0.05, 0) is 42.5 Å². The van der Waals surface area contributed by atoms with E-state index in [2.05, 4.69) is 40.5 Å². The van der Waals surface area contributed by atoms with Crippen molar-refractivity contribution in [2.45, 2.75) is 6.04 Å². The predicted molar refractivity (Wildman–Crippen MR) is 116 cm³/mol. The largest absolute Gasteiger partial charge is 0.459 e. The van der Waals surface area contributed by atoms with Crippen LogP contribution in [0.4, 0.5) is 5.69 Å². The number of amides is 1. The van der Waals surface area contributed by atoms with Gasteiger partial charge in [0.25, 0.3) is 5.91 Å². The quantitative estimate of drug-likeness (QED) is 0.638. The summed E-state index contributed by atoms with van der Waals surface area (Å²) >= 11 is 0. The number of nitrogens with one attached hydrogen (secondary N) is 2. The van der Waals surface area contributed by atoms with Gasteiger partial charge < -0.3 is 29.0 Å². The first-order chi connectivity index (χ1) is 15.3. The summed E-state index contributed by atoms with van der Waals surface area (Å²) in [5, 5.41) is 3.05. The highest BCUT2D eigenvalue weighted by Gasteiger charge is 2.30. The Labute approximate surface area is 181 Å². The summed E-state index contributed by atoms with van der Waals surface area (Å²) in [6.45, 7) is 4.65. The van der Waals surface area contributed by atoms with Crippen molar-refractivity contribution in [3.63, 3.8) is 0 Å². The van der Waals surface area contributed by atoms with E-state index in [1.807, 2.05) is 18.2 Å². The standard InChI is InChI=1S/C24H25N3O4/c28-24(22-7-4-14-29-22)25-16-20(18-8-9-21-23(15-18)31-17-30-21)27-12-10-26(11-13-27)19-5-2-1-3-6-19/h1-9,14-15,20H,10-13,16-17H2,(H,25,28)/p+1/t20-/m1/s1. The summed E-state index contributed by atoms with van der Waals surface area (Å²) in [6, 6.07) is 20.1. The Morgan fingerprint density at radius 2 is 1.81 bits per heavy atom. The summed E-state index contributed by atoms with van der Waals surface area (Å²) in [5.41, 5.74) is 2.39. The number of fused-ring (bicyclic) bond motifs is 1. The fourth-order valence-corrected chi connectivity index (χ4v) is 4.36. The lowest BCUT2D eigenvalue weighted by Crippen LogP contribution is -3.15. The van der Waals surface area contributed by atoms with E-state index in [9.17, 15) is 4.79 Å². The molecule has 3 heterocycles. The van der Waals surface area contributed by atoms with Gasteiger partial charge in [-0.3, -0.25) is 4.79 Å². The van der Waals surface area contributed by atoms with Crippen molar-refractivity contribution in [1.82, 2.24) is 5.32 Å². The number of furan rings is 1. The van der Waals surface area contributed by atoms with Gasteiger partial charge in [0.1, 0.15) is 6.04 Å². The monoisotopic (exact) mass is 420 g/mol. The molecule has 0 bridgehead atoms. The number of piperazine rings is 1.